The highest BCUT2D eigenvalue weighted by Gasteiger charge is 2.55. The van der Waals surface area contributed by atoms with Gasteiger partial charge in [-0.1, -0.05) is 97.1 Å². The smallest absolute Gasteiger partial charge is 0.164 e. The Morgan fingerprint density at radius 2 is 1.25 bits per heavy atom. The van der Waals surface area contributed by atoms with E-state index in [1.54, 1.807) is 6.08 Å². The van der Waals surface area contributed by atoms with Gasteiger partial charge in [0, 0.05) is 0 Å². The maximum atomic E-state index is 11.6. The molecule has 1 fully saturated rings. The molecule has 0 amide bonds. The maximum Gasteiger partial charge on any atom is 0.164 e. The molecule has 1 aliphatic carbocycles. The van der Waals surface area contributed by atoms with Crippen LogP contribution in [0.3, 0.4) is 0 Å². The van der Waals surface area contributed by atoms with Crippen LogP contribution < -0.4 is 0 Å². The molecule has 1 aliphatic heterocycles. The number of ether oxygens (including phenoxy) is 3. The van der Waals surface area contributed by atoms with Crippen molar-refractivity contribution in [2.24, 2.45) is 0 Å². The van der Waals surface area contributed by atoms with Gasteiger partial charge in [-0.05, 0) is 36.6 Å². The third kappa shape index (κ3) is 3.59. The highest BCUT2D eigenvalue weighted by Crippen LogP contribution is 2.44. The Morgan fingerprint density at radius 3 is 1.72 bits per heavy atom. The van der Waals surface area contributed by atoms with E-state index in [9.17, 15) is 5.11 Å². The number of fused-ring (bicyclic) bond motifs is 1. The van der Waals surface area contributed by atoms with Crippen molar-refractivity contribution in [1.29, 1.82) is 0 Å². The molecule has 1 N–H and O–H groups in total. The molecule has 0 aromatic heterocycles. The Morgan fingerprint density at radius 1 is 0.781 bits per heavy atom. The number of hydrogen-bond acceptors (Lipinski definition) is 4. The zero-order valence-electron chi connectivity index (χ0n) is 18.3. The van der Waals surface area contributed by atoms with Gasteiger partial charge in [0.15, 0.2) is 5.79 Å². The minimum absolute atomic E-state index is 0.0444. The van der Waals surface area contributed by atoms with Gasteiger partial charge in [-0.25, -0.2) is 0 Å². The largest absolute Gasteiger partial charge is 0.380 e. The van der Waals surface area contributed by atoms with Gasteiger partial charge in [0.05, 0.1) is 6.61 Å². The molecule has 3 aromatic carbocycles. The summed E-state index contributed by atoms with van der Waals surface area (Å²) in [6.45, 7) is 3.77. The molecular weight excluding hydrogens is 400 g/mol. The van der Waals surface area contributed by atoms with E-state index in [2.05, 4.69) is 36.4 Å². The summed E-state index contributed by atoms with van der Waals surface area (Å²) >= 11 is 0. The quantitative estimate of drug-likeness (QED) is 0.452. The van der Waals surface area contributed by atoms with Crippen molar-refractivity contribution >= 4 is 0 Å². The molecule has 0 saturated carbocycles. The molecule has 3 aromatic rings. The van der Waals surface area contributed by atoms with E-state index < -0.39 is 23.1 Å². The van der Waals surface area contributed by atoms with E-state index in [1.807, 2.05) is 74.5 Å². The standard InChI is InChI=1S/C28H28O4/c1-26(2)31-24-18-19-27(29,25(24)32-26)20-30-28(21-12-6-3-7-13-21,22-14-8-4-9-15-22)23-16-10-5-11-17-23/h3-19,24-25,29H,20H2,1-2H3/t24?,25?,27-/m1/s1. The van der Waals surface area contributed by atoms with Crippen LogP contribution in [0.4, 0.5) is 0 Å². The number of aliphatic hydroxyl groups is 1. The van der Waals surface area contributed by atoms with Crippen LogP contribution >= 0.6 is 0 Å². The van der Waals surface area contributed by atoms with Crippen LogP contribution in [0.25, 0.3) is 0 Å². The second kappa shape index (κ2) is 7.98. The van der Waals surface area contributed by atoms with Crippen LogP contribution in [-0.4, -0.2) is 35.3 Å². The Balaban J connectivity index is 1.59. The second-order valence-corrected chi connectivity index (χ2v) is 8.94. The summed E-state index contributed by atoms with van der Waals surface area (Å²) in [7, 11) is 0. The molecule has 4 nitrogen and oxygen atoms in total. The van der Waals surface area contributed by atoms with Gasteiger partial charge in [0.25, 0.3) is 0 Å². The van der Waals surface area contributed by atoms with Crippen molar-refractivity contribution < 1.29 is 19.3 Å². The van der Waals surface area contributed by atoms with Crippen LogP contribution in [0.1, 0.15) is 30.5 Å². The van der Waals surface area contributed by atoms with Crippen LogP contribution in [0.15, 0.2) is 103 Å². The third-order valence-corrected chi connectivity index (χ3v) is 6.26. The van der Waals surface area contributed by atoms with E-state index in [0.717, 1.165) is 16.7 Å². The van der Waals surface area contributed by atoms with Gasteiger partial charge in [0.2, 0.25) is 0 Å². The Hall–Kier alpha value is -2.76. The van der Waals surface area contributed by atoms with Crippen molar-refractivity contribution in [2.75, 3.05) is 6.61 Å². The molecule has 1 saturated heterocycles. The molecule has 0 spiro atoms. The van der Waals surface area contributed by atoms with Crippen LogP contribution in [0.2, 0.25) is 0 Å². The molecule has 5 rings (SSSR count). The monoisotopic (exact) mass is 428 g/mol. The molecule has 32 heavy (non-hydrogen) atoms. The molecule has 4 heteroatoms. The number of benzene rings is 3. The van der Waals surface area contributed by atoms with E-state index in [4.69, 9.17) is 14.2 Å². The van der Waals surface area contributed by atoms with Gasteiger partial charge in [-0.15, -0.1) is 0 Å². The molecule has 164 valence electrons. The second-order valence-electron chi connectivity index (χ2n) is 8.94. The average molecular weight is 429 g/mol. The first kappa shape index (κ1) is 21.1. The summed E-state index contributed by atoms with van der Waals surface area (Å²) in [6.07, 6.45) is 2.82. The minimum Gasteiger partial charge on any atom is -0.380 e. The summed E-state index contributed by atoms with van der Waals surface area (Å²) in [6, 6.07) is 30.4. The summed E-state index contributed by atoms with van der Waals surface area (Å²) in [5, 5.41) is 11.6. The van der Waals surface area contributed by atoms with E-state index in [-0.39, 0.29) is 12.7 Å². The van der Waals surface area contributed by atoms with Crippen LogP contribution in [0, 0.1) is 0 Å². The lowest BCUT2D eigenvalue weighted by atomic mass is 9.80. The van der Waals surface area contributed by atoms with Crippen molar-refractivity contribution in [1.82, 2.24) is 0 Å². The van der Waals surface area contributed by atoms with Gasteiger partial charge < -0.3 is 19.3 Å². The Labute approximate surface area is 189 Å². The Bertz CT molecular complexity index is 982. The SMILES string of the molecule is CC1(C)OC2C=C[C@@](O)(COC(c3ccccc3)(c3ccccc3)c3ccccc3)C2O1. The fourth-order valence-corrected chi connectivity index (χ4v) is 4.80. The summed E-state index contributed by atoms with van der Waals surface area (Å²) in [5.41, 5.74) is 0.762. The van der Waals surface area contributed by atoms with Gasteiger partial charge in [-0.2, -0.15) is 0 Å². The molecule has 3 atom stereocenters. The first-order valence-electron chi connectivity index (χ1n) is 11.0. The van der Waals surface area contributed by atoms with Crippen molar-refractivity contribution in [3.63, 3.8) is 0 Å². The highest BCUT2D eigenvalue weighted by atomic mass is 16.8. The number of rotatable bonds is 6. The molecule has 0 radical (unpaired) electrons. The third-order valence-electron chi connectivity index (χ3n) is 6.26. The summed E-state index contributed by atoms with van der Waals surface area (Å²) in [5.74, 6) is -0.747. The minimum atomic E-state index is -1.30. The van der Waals surface area contributed by atoms with E-state index in [1.165, 1.54) is 0 Å². The van der Waals surface area contributed by atoms with Gasteiger partial charge >= 0.3 is 0 Å². The van der Waals surface area contributed by atoms with E-state index in [0.29, 0.717) is 0 Å². The van der Waals surface area contributed by atoms with Gasteiger partial charge in [0.1, 0.15) is 23.4 Å². The number of hydrogen-bond donors (Lipinski definition) is 1. The molecular formula is C28H28O4. The van der Waals surface area contributed by atoms with Crippen LogP contribution in [-0.2, 0) is 19.8 Å². The Kier molecular flexibility index (Phi) is 5.26. The molecule has 0 bridgehead atoms. The average Bonchev–Trinajstić information content (AvgIpc) is 3.30. The van der Waals surface area contributed by atoms with Crippen molar-refractivity contribution in [2.45, 2.75) is 43.0 Å². The fraction of sp³-hybridized carbons (Fsp3) is 0.286. The molecule has 2 aliphatic rings. The zero-order valence-corrected chi connectivity index (χ0v) is 18.3. The van der Waals surface area contributed by atoms with E-state index >= 15 is 0 Å². The normalized spacial score (nSPS) is 26.2. The molecule has 2 unspecified atom stereocenters. The lowest BCUT2D eigenvalue weighted by molar-refractivity contribution is -0.177. The van der Waals surface area contributed by atoms with Crippen LogP contribution in [0.5, 0.6) is 0 Å². The first-order valence-corrected chi connectivity index (χ1v) is 11.0. The summed E-state index contributed by atoms with van der Waals surface area (Å²) < 4.78 is 18.8. The summed E-state index contributed by atoms with van der Waals surface area (Å²) in [4.78, 5) is 0. The topological polar surface area (TPSA) is 47.9 Å². The first-order chi connectivity index (χ1) is 15.4. The van der Waals surface area contributed by atoms with Crippen molar-refractivity contribution in [3.8, 4) is 0 Å². The fourth-order valence-electron chi connectivity index (χ4n) is 4.80. The predicted molar refractivity (Wildman–Crippen MR) is 123 cm³/mol. The zero-order chi connectivity index (χ0) is 22.2. The lowest BCUT2D eigenvalue weighted by Gasteiger charge is -2.39. The predicted octanol–water partition coefficient (Wildman–Crippen LogP) is 4.82. The van der Waals surface area contributed by atoms with Gasteiger partial charge in [-0.3, -0.25) is 0 Å². The maximum absolute atomic E-state index is 11.6. The molecule has 1 heterocycles. The van der Waals surface area contributed by atoms with Crippen molar-refractivity contribution in [3.05, 3.63) is 120 Å². The highest BCUT2D eigenvalue weighted by molar-refractivity contribution is 5.47. The lowest BCUT2D eigenvalue weighted by Crippen LogP contribution is -2.48.